The molecular weight excluding hydrogens is 230 g/mol. The average Bonchev–Trinajstić information content (AvgIpc) is 2.44. The van der Waals surface area contributed by atoms with Crippen molar-refractivity contribution in [3.05, 3.63) is 83.6 Å². The second kappa shape index (κ2) is 6.24. The number of nitrogens with zero attached hydrogens (tertiary/aromatic N) is 1. The molecule has 19 heavy (non-hydrogen) atoms. The van der Waals surface area contributed by atoms with E-state index in [-0.39, 0.29) is 0 Å². The average molecular weight is 251 g/mol. The summed E-state index contributed by atoms with van der Waals surface area (Å²) >= 11 is 0. The van der Waals surface area contributed by atoms with E-state index < -0.39 is 0 Å². The van der Waals surface area contributed by atoms with Gasteiger partial charge >= 0.3 is 0 Å². The molecule has 0 N–H and O–H groups in total. The van der Waals surface area contributed by atoms with E-state index in [2.05, 4.69) is 67.8 Å². The molecule has 0 radical (unpaired) electrons. The first kappa shape index (κ1) is 13.4. The highest BCUT2D eigenvalue weighted by Crippen LogP contribution is 2.16. The van der Waals surface area contributed by atoms with E-state index in [4.69, 9.17) is 0 Å². The minimum Gasteiger partial charge on any atom is -0.369 e. The molecule has 0 bridgehead atoms. The summed E-state index contributed by atoms with van der Waals surface area (Å²) in [4.78, 5) is 2.25. The van der Waals surface area contributed by atoms with Crippen LogP contribution in [-0.2, 0) is 13.1 Å². The molecule has 0 fully saturated rings. The van der Waals surface area contributed by atoms with Gasteiger partial charge in [-0.3, -0.25) is 0 Å². The van der Waals surface area contributed by atoms with Crippen LogP contribution >= 0.6 is 0 Å². The molecule has 2 aromatic carbocycles. The minimum atomic E-state index is 0.901. The molecule has 0 saturated carbocycles. The Morgan fingerprint density at radius 1 is 0.947 bits per heavy atom. The lowest BCUT2D eigenvalue weighted by atomic mass is 10.0. The van der Waals surface area contributed by atoms with Crippen LogP contribution < -0.4 is 0 Å². The van der Waals surface area contributed by atoms with Crippen molar-refractivity contribution in [2.24, 2.45) is 0 Å². The molecule has 0 atom stereocenters. The van der Waals surface area contributed by atoms with Crippen LogP contribution in [0, 0.1) is 13.8 Å². The van der Waals surface area contributed by atoms with Crippen LogP contribution in [0.4, 0.5) is 0 Å². The van der Waals surface area contributed by atoms with Crippen molar-refractivity contribution in [3.63, 3.8) is 0 Å². The largest absolute Gasteiger partial charge is 0.369 e. The van der Waals surface area contributed by atoms with E-state index in [9.17, 15) is 0 Å². The summed E-state index contributed by atoms with van der Waals surface area (Å²) in [7, 11) is 0. The number of aryl methyl sites for hydroxylation is 1. The van der Waals surface area contributed by atoms with Crippen LogP contribution in [0.2, 0.25) is 0 Å². The summed E-state index contributed by atoms with van der Waals surface area (Å²) in [5.74, 6) is 0. The first-order chi connectivity index (χ1) is 9.20. The molecule has 1 heteroatoms. The van der Waals surface area contributed by atoms with Crippen LogP contribution in [0.25, 0.3) is 0 Å². The summed E-state index contributed by atoms with van der Waals surface area (Å²) in [5.41, 5.74) is 5.41. The Bertz CT molecular complexity index is 543. The Hall–Kier alpha value is -2.02. The van der Waals surface area contributed by atoms with Crippen molar-refractivity contribution >= 4 is 0 Å². The van der Waals surface area contributed by atoms with E-state index in [0.29, 0.717) is 0 Å². The molecule has 0 heterocycles. The van der Waals surface area contributed by atoms with E-state index in [1.54, 1.807) is 0 Å². The topological polar surface area (TPSA) is 3.24 Å². The van der Waals surface area contributed by atoms with Gasteiger partial charge in [-0.25, -0.2) is 0 Å². The van der Waals surface area contributed by atoms with Crippen molar-refractivity contribution in [2.45, 2.75) is 26.9 Å². The lowest BCUT2D eigenvalue weighted by molar-refractivity contribution is 0.362. The number of benzene rings is 2. The van der Waals surface area contributed by atoms with Gasteiger partial charge in [0.2, 0.25) is 0 Å². The molecule has 0 aromatic heterocycles. The fourth-order valence-electron chi connectivity index (χ4n) is 2.20. The van der Waals surface area contributed by atoms with Crippen molar-refractivity contribution in [1.82, 2.24) is 4.90 Å². The van der Waals surface area contributed by atoms with Gasteiger partial charge in [-0.2, -0.15) is 0 Å². The zero-order valence-electron chi connectivity index (χ0n) is 11.8. The van der Waals surface area contributed by atoms with Crippen LogP contribution in [0.15, 0.2) is 61.3 Å². The van der Waals surface area contributed by atoms with Gasteiger partial charge in [0.05, 0.1) is 0 Å². The third-order valence-corrected chi connectivity index (χ3v) is 3.58. The lowest BCUT2D eigenvalue weighted by Crippen LogP contribution is -2.16. The molecular formula is C18H21N. The van der Waals surface area contributed by atoms with E-state index in [0.717, 1.165) is 13.1 Å². The quantitative estimate of drug-likeness (QED) is 0.759. The van der Waals surface area contributed by atoms with E-state index in [1.807, 2.05) is 12.3 Å². The number of hydrogen-bond donors (Lipinski definition) is 0. The lowest BCUT2D eigenvalue weighted by Gasteiger charge is -2.21. The predicted molar refractivity (Wildman–Crippen MR) is 81.8 cm³/mol. The van der Waals surface area contributed by atoms with Crippen LogP contribution in [-0.4, -0.2) is 4.90 Å². The second-order valence-corrected chi connectivity index (χ2v) is 4.93. The molecule has 0 aliphatic heterocycles. The molecule has 98 valence electrons. The highest BCUT2D eigenvalue weighted by atomic mass is 15.1. The fourth-order valence-corrected chi connectivity index (χ4v) is 2.20. The highest BCUT2D eigenvalue weighted by molar-refractivity contribution is 5.33. The van der Waals surface area contributed by atoms with E-state index in [1.165, 1.54) is 22.3 Å². The van der Waals surface area contributed by atoms with Gasteiger partial charge in [-0.1, -0.05) is 55.1 Å². The molecule has 0 aliphatic rings. The summed E-state index contributed by atoms with van der Waals surface area (Å²) in [5, 5.41) is 0. The van der Waals surface area contributed by atoms with Crippen LogP contribution in [0.1, 0.15) is 22.3 Å². The fraction of sp³-hybridized carbons (Fsp3) is 0.222. The van der Waals surface area contributed by atoms with Gasteiger partial charge in [0.15, 0.2) is 0 Å². The molecule has 2 aromatic rings. The molecule has 0 unspecified atom stereocenters. The van der Waals surface area contributed by atoms with Gasteiger partial charge in [-0.15, -0.1) is 0 Å². The van der Waals surface area contributed by atoms with Crippen molar-refractivity contribution in [1.29, 1.82) is 0 Å². The zero-order valence-corrected chi connectivity index (χ0v) is 11.8. The van der Waals surface area contributed by atoms with E-state index >= 15 is 0 Å². The Labute approximate surface area is 116 Å². The Morgan fingerprint density at radius 3 is 2.37 bits per heavy atom. The normalized spacial score (nSPS) is 10.2. The third-order valence-electron chi connectivity index (χ3n) is 3.58. The smallest absolute Gasteiger partial charge is 0.0430 e. The van der Waals surface area contributed by atoms with Crippen molar-refractivity contribution in [3.8, 4) is 0 Å². The third kappa shape index (κ3) is 3.47. The number of rotatable bonds is 5. The first-order valence-electron chi connectivity index (χ1n) is 6.66. The van der Waals surface area contributed by atoms with Gasteiger partial charge in [0.25, 0.3) is 0 Å². The number of hydrogen-bond acceptors (Lipinski definition) is 1. The predicted octanol–water partition coefficient (Wildman–Crippen LogP) is 4.45. The van der Waals surface area contributed by atoms with Gasteiger partial charge in [0, 0.05) is 13.1 Å². The van der Waals surface area contributed by atoms with Crippen LogP contribution in [0.3, 0.4) is 0 Å². The maximum atomic E-state index is 3.93. The molecule has 0 saturated heterocycles. The summed E-state index contributed by atoms with van der Waals surface area (Å²) in [6.45, 7) is 10.1. The molecule has 0 spiro atoms. The summed E-state index contributed by atoms with van der Waals surface area (Å²) in [6, 6.07) is 17.0. The molecule has 0 amide bonds. The standard InChI is InChI=1S/C18H21N/c1-4-19(13-17-10-6-5-7-11-17)14-18-12-8-9-15(2)16(18)3/h4-12H,1,13-14H2,2-3H3. The maximum absolute atomic E-state index is 3.93. The maximum Gasteiger partial charge on any atom is 0.0430 e. The summed E-state index contributed by atoms with van der Waals surface area (Å²) in [6.07, 6.45) is 1.93. The van der Waals surface area contributed by atoms with Gasteiger partial charge in [0.1, 0.15) is 0 Å². The highest BCUT2D eigenvalue weighted by Gasteiger charge is 2.05. The van der Waals surface area contributed by atoms with Gasteiger partial charge in [-0.05, 0) is 42.3 Å². The Morgan fingerprint density at radius 2 is 1.68 bits per heavy atom. The molecule has 0 aliphatic carbocycles. The summed E-state index contributed by atoms with van der Waals surface area (Å²) < 4.78 is 0. The Kier molecular flexibility index (Phi) is 4.40. The minimum absolute atomic E-state index is 0.901. The molecule has 2 rings (SSSR count). The second-order valence-electron chi connectivity index (χ2n) is 4.93. The van der Waals surface area contributed by atoms with Crippen molar-refractivity contribution < 1.29 is 0 Å². The van der Waals surface area contributed by atoms with Crippen molar-refractivity contribution in [2.75, 3.05) is 0 Å². The molecule has 1 nitrogen and oxygen atoms in total. The van der Waals surface area contributed by atoms with Gasteiger partial charge < -0.3 is 4.90 Å². The first-order valence-corrected chi connectivity index (χ1v) is 6.66. The zero-order chi connectivity index (χ0) is 13.7. The van der Waals surface area contributed by atoms with Crippen LogP contribution in [0.5, 0.6) is 0 Å². The Balaban J connectivity index is 2.11. The SMILES string of the molecule is C=CN(Cc1ccccc1)Cc1cccc(C)c1C. The monoisotopic (exact) mass is 251 g/mol.